The van der Waals surface area contributed by atoms with Gasteiger partial charge in [0, 0.05) is 49.5 Å². The number of carbonyl (C=O) groups excluding carboxylic acids is 3. The van der Waals surface area contributed by atoms with Crippen LogP contribution in [0.15, 0.2) is 107 Å². The first-order valence-corrected chi connectivity index (χ1v) is 22.8. The molecule has 11 heteroatoms. The number of ether oxygens (including phenoxy) is 1. The van der Waals surface area contributed by atoms with Crippen LogP contribution in [0.4, 0.5) is 11.4 Å². The molecule has 3 amide bonds. The van der Waals surface area contributed by atoms with Crippen LogP contribution in [0.25, 0.3) is 0 Å². The van der Waals surface area contributed by atoms with Crippen molar-refractivity contribution in [1.29, 1.82) is 0 Å². The average Bonchev–Trinajstić information content (AvgIpc) is 3.59. The number of hydrogen-bond donors (Lipinski definition) is 2. The lowest BCUT2D eigenvalue weighted by atomic mass is 9.82. The Morgan fingerprint density at radius 1 is 1.00 bits per heavy atom. The summed E-state index contributed by atoms with van der Waals surface area (Å²) < 4.78 is 7.04. The lowest BCUT2D eigenvalue weighted by molar-refractivity contribution is -0.149. The molecule has 2 N–H and O–H groups in total. The van der Waals surface area contributed by atoms with Gasteiger partial charge in [-0.1, -0.05) is 90.9 Å². The average molecular weight is 777 g/mol. The van der Waals surface area contributed by atoms with Gasteiger partial charge in [-0.3, -0.25) is 14.4 Å². The second-order valence-electron chi connectivity index (χ2n) is 16.2. The number of allylic oxidation sites excluding steroid dienone is 3. The van der Waals surface area contributed by atoms with E-state index in [1.807, 2.05) is 98.9 Å². The molecule has 296 valence electrons. The highest BCUT2D eigenvalue weighted by Crippen LogP contribution is 2.60. The lowest BCUT2D eigenvalue weighted by Crippen LogP contribution is -2.46. The highest BCUT2D eigenvalue weighted by molar-refractivity contribution is 6.71. The summed E-state index contributed by atoms with van der Waals surface area (Å²) in [5.41, 5.74) is 4.87. The molecule has 56 heavy (non-hydrogen) atoms. The van der Waals surface area contributed by atoms with Crippen molar-refractivity contribution in [3.8, 4) is 0 Å². The second-order valence-corrected chi connectivity index (χ2v) is 20.2. The normalized spacial score (nSPS) is 22.4. The van der Waals surface area contributed by atoms with Crippen molar-refractivity contribution in [2.75, 3.05) is 29.6 Å². The molecular weight excluding hydrogens is 721 g/mol. The highest BCUT2D eigenvalue weighted by Gasteiger charge is 2.66. The Balaban J connectivity index is 1.41. The molecule has 3 aromatic carbocycles. The topological polar surface area (TPSA) is 123 Å². The summed E-state index contributed by atoms with van der Waals surface area (Å²) in [5.74, 6) is -1.14. The molecule has 4 atom stereocenters. The third-order valence-electron chi connectivity index (χ3n) is 11.4. The maximum atomic E-state index is 15.1. The molecule has 10 nitrogen and oxygen atoms in total. The molecule has 0 aliphatic carbocycles. The van der Waals surface area contributed by atoms with Crippen LogP contribution in [-0.4, -0.2) is 72.4 Å². The minimum Gasteiger partial charge on any atom is -0.432 e. The van der Waals surface area contributed by atoms with Gasteiger partial charge >= 0.3 is 0 Å². The van der Waals surface area contributed by atoms with Crippen LogP contribution in [0.5, 0.6) is 0 Å². The van der Waals surface area contributed by atoms with Crippen LogP contribution in [-0.2, 0) is 31.3 Å². The van der Waals surface area contributed by atoms with Crippen molar-refractivity contribution in [2.24, 2.45) is 11.0 Å². The SMILES string of the molecule is CC(C)=CCC/C(C)=C/CN1C(=O)[C@@]2(O[C@@H](CC(=O)N(CCO)Cc3ccccc3)[C@H]([Si](C)(C)O)[C@H]2C)c2cc(N3N=C(c4ccccc4)CCC3=O)ccc21. The number of hydrazone groups is 1. The fourth-order valence-corrected chi connectivity index (χ4v) is 11.2. The van der Waals surface area contributed by atoms with Crippen molar-refractivity contribution in [2.45, 2.75) is 96.7 Å². The maximum Gasteiger partial charge on any atom is 0.264 e. The molecule has 6 rings (SSSR count). The van der Waals surface area contributed by atoms with Gasteiger partial charge in [-0.25, -0.2) is 5.01 Å². The van der Waals surface area contributed by atoms with Gasteiger partial charge in [0.1, 0.15) is 0 Å². The number of aliphatic hydroxyl groups excluding tert-OH is 1. The summed E-state index contributed by atoms with van der Waals surface area (Å²) in [6.45, 7) is 12.4. The lowest BCUT2D eigenvalue weighted by Gasteiger charge is -2.33. The van der Waals surface area contributed by atoms with Crippen LogP contribution in [0.2, 0.25) is 18.6 Å². The molecular formula is C45H56N4O6Si. The molecule has 1 fully saturated rings. The second kappa shape index (κ2) is 17.2. The van der Waals surface area contributed by atoms with E-state index in [4.69, 9.17) is 9.84 Å². The van der Waals surface area contributed by atoms with Crippen molar-refractivity contribution in [3.05, 3.63) is 119 Å². The standard InChI is InChI=1S/C45H56N4O6Si/c1-31(2)14-13-15-32(3)24-25-48-39-22-20-36(49-41(51)23-21-38(46-49)35-18-11-8-12-19-35)28-37(39)45(44(48)53)33(4)43(56(5,6)54)40(55-45)29-42(52)47(26-27-50)30-34-16-9-7-10-17-34/h7-12,14,16-20,22,24,28,33,40,43,50,54H,13,15,21,23,25-27,29-30H2,1-6H3/b32-24+/t33-,40+,43-,45+/m1/s1. The fourth-order valence-electron chi connectivity index (χ4n) is 8.63. The van der Waals surface area contributed by atoms with E-state index in [1.165, 1.54) is 10.6 Å². The largest absolute Gasteiger partial charge is 0.432 e. The van der Waals surface area contributed by atoms with Crippen molar-refractivity contribution >= 4 is 43.1 Å². The van der Waals surface area contributed by atoms with Crippen LogP contribution in [0, 0.1) is 5.92 Å². The van der Waals surface area contributed by atoms with Crippen molar-refractivity contribution < 1.29 is 29.0 Å². The van der Waals surface area contributed by atoms with E-state index in [1.54, 1.807) is 9.80 Å². The predicted octanol–water partition coefficient (Wildman–Crippen LogP) is 7.47. The van der Waals surface area contributed by atoms with Gasteiger partial charge in [0.05, 0.1) is 36.2 Å². The number of rotatable bonds is 14. The molecule has 0 aromatic heterocycles. The van der Waals surface area contributed by atoms with Crippen LogP contribution >= 0.6 is 0 Å². The van der Waals surface area contributed by atoms with Crippen molar-refractivity contribution in [3.63, 3.8) is 0 Å². The minimum absolute atomic E-state index is 0.0679. The molecule has 0 radical (unpaired) electrons. The van der Waals surface area contributed by atoms with E-state index in [0.29, 0.717) is 36.4 Å². The van der Waals surface area contributed by atoms with Gasteiger partial charge in [-0.2, -0.15) is 5.10 Å². The molecule has 0 bridgehead atoms. The van der Waals surface area contributed by atoms with Gasteiger partial charge in [-0.05, 0) is 76.0 Å². The van der Waals surface area contributed by atoms with Gasteiger partial charge in [-0.15, -0.1) is 0 Å². The Morgan fingerprint density at radius 3 is 2.36 bits per heavy atom. The van der Waals surface area contributed by atoms with E-state index < -0.39 is 31.5 Å². The van der Waals surface area contributed by atoms with Crippen LogP contribution in [0.3, 0.4) is 0 Å². The zero-order valence-corrected chi connectivity index (χ0v) is 34.6. The summed E-state index contributed by atoms with van der Waals surface area (Å²) in [5, 5.41) is 16.2. The number of aliphatic hydroxyl groups is 1. The zero-order valence-electron chi connectivity index (χ0n) is 33.6. The summed E-state index contributed by atoms with van der Waals surface area (Å²) in [6.07, 6.45) is 6.01. The van der Waals surface area contributed by atoms with E-state index in [-0.39, 0.29) is 43.7 Å². The summed E-state index contributed by atoms with van der Waals surface area (Å²) in [6, 6.07) is 25.0. The third kappa shape index (κ3) is 8.51. The van der Waals surface area contributed by atoms with Crippen LogP contribution < -0.4 is 9.91 Å². The molecule has 1 saturated heterocycles. The van der Waals surface area contributed by atoms with Gasteiger partial charge < -0.3 is 24.4 Å². The molecule has 3 aromatic rings. The van der Waals surface area contributed by atoms with Gasteiger partial charge in [0.25, 0.3) is 5.91 Å². The number of benzene rings is 3. The zero-order chi connectivity index (χ0) is 40.2. The smallest absolute Gasteiger partial charge is 0.264 e. The Kier molecular flexibility index (Phi) is 12.6. The molecule has 0 saturated carbocycles. The summed E-state index contributed by atoms with van der Waals surface area (Å²) in [4.78, 5) is 58.0. The predicted molar refractivity (Wildman–Crippen MR) is 224 cm³/mol. The minimum atomic E-state index is -3.09. The molecule has 1 spiro atoms. The Morgan fingerprint density at radius 2 is 1.70 bits per heavy atom. The fraction of sp³-hybridized carbons (Fsp3) is 0.422. The van der Waals surface area contributed by atoms with Crippen molar-refractivity contribution in [1.82, 2.24) is 4.90 Å². The van der Waals surface area contributed by atoms with Gasteiger partial charge in [0.2, 0.25) is 11.8 Å². The monoisotopic (exact) mass is 776 g/mol. The van der Waals surface area contributed by atoms with E-state index in [9.17, 15) is 19.5 Å². The first kappa shape index (κ1) is 41.0. The Hall–Kier alpha value is -4.68. The number of hydrogen-bond acceptors (Lipinski definition) is 7. The first-order chi connectivity index (χ1) is 26.7. The quantitative estimate of drug-likeness (QED) is 0.130. The summed E-state index contributed by atoms with van der Waals surface area (Å²) in [7, 11) is -3.09. The third-order valence-corrected chi connectivity index (χ3v) is 13.9. The number of carbonyl (C=O) groups is 3. The van der Waals surface area contributed by atoms with Gasteiger partial charge in [0.15, 0.2) is 13.9 Å². The summed E-state index contributed by atoms with van der Waals surface area (Å²) >= 11 is 0. The maximum absolute atomic E-state index is 15.1. The highest BCUT2D eigenvalue weighted by atomic mass is 28.4. The Labute approximate surface area is 332 Å². The molecule has 3 aliphatic heterocycles. The van der Waals surface area contributed by atoms with E-state index in [2.05, 4.69) is 32.9 Å². The number of fused-ring (bicyclic) bond motifs is 2. The first-order valence-electron chi connectivity index (χ1n) is 19.8. The number of anilines is 2. The molecule has 3 heterocycles. The van der Waals surface area contributed by atoms with E-state index >= 15 is 4.79 Å². The van der Waals surface area contributed by atoms with E-state index in [0.717, 1.165) is 35.3 Å². The van der Waals surface area contributed by atoms with Crippen LogP contribution in [0.1, 0.15) is 76.5 Å². The number of nitrogens with zero attached hydrogens (tertiary/aromatic N) is 4. The molecule has 3 aliphatic rings. The number of amides is 3. The molecule has 0 unspecified atom stereocenters. The Bertz CT molecular complexity index is 2010.